The maximum Gasteiger partial charge on any atom is 0.257 e. The number of likely N-dealkylation sites (tertiary alicyclic amines) is 1. The topological polar surface area (TPSA) is 75.2 Å². The zero-order valence-corrected chi connectivity index (χ0v) is 17.6. The van der Waals surface area contributed by atoms with Crippen LogP contribution in [0.3, 0.4) is 0 Å². The minimum atomic E-state index is -0.0145. The summed E-state index contributed by atoms with van der Waals surface area (Å²) in [6.45, 7) is 7.17. The predicted molar refractivity (Wildman–Crippen MR) is 118 cm³/mol. The van der Waals surface area contributed by atoms with E-state index in [-0.39, 0.29) is 11.7 Å². The molecule has 3 heterocycles. The molecule has 1 aliphatic rings. The number of hydrogen-bond acceptors (Lipinski definition) is 5. The summed E-state index contributed by atoms with van der Waals surface area (Å²) in [5, 5.41) is 4.19. The summed E-state index contributed by atoms with van der Waals surface area (Å²) < 4.78 is 0. The molecule has 0 aliphatic carbocycles. The highest BCUT2D eigenvalue weighted by atomic mass is 16.2. The van der Waals surface area contributed by atoms with E-state index in [2.05, 4.69) is 22.2 Å². The van der Waals surface area contributed by atoms with Gasteiger partial charge < -0.3 is 10.2 Å². The monoisotopic (exact) mass is 402 g/mol. The number of piperidine rings is 1. The second kappa shape index (κ2) is 8.22. The molecule has 1 N–H and O–H groups in total. The number of pyridine rings is 2. The largest absolute Gasteiger partial charge is 0.354 e. The first kappa shape index (κ1) is 20.0. The molecular weight excluding hydrogens is 376 g/mol. The SMILES string of the molecule is CC(=O)c1ccc(Nc2c(C(=O)N3CCCC(C)C3)cnc3nc(C)ccc23)cc1. The van der Waals surface area contributed by atoms with Crippen molar-refractivity contribution in [1.82, 2.24) is 14.9 Å². The Balaban J connectivity index is 1.77. The molecule has 0 bridgehead atoms. The van der Waals surface area contributed by atoms with Crippen molar-refractivity contribution in [3.63, 3.8) is 0 Å². The van der Waals surface area contributed by atoms with E-state index in [9.17, 15) is 9.59 Å². The number of aryl methyl sites for hydroxylation is 1. The quantitative estimate of drug-likeness (QED) is 0.637. The lowest BCUT2D eigenvalue weighted by Crippen LogP contribution is -2.39. The molecule has 0 spiro atoms. The van der Waals surface area contributed by atoms with E-state index < -0.39 is 0 Å². The minimum absolute atomic E-state index is 0.0145. The van der Waals surface area contributed by atoms with Gasteiger partial charge in [0.1, 0.15) is 0 Å². The van der Waals surface area contributed by atoms with Gasteiger partial charge in [-0.2, -0.15) is 0 Å². The molecule has 1 fully saturated rings. The lowest BCUT2D eigenvalue weighted by atomic mass is 9.99. The molecule has 3 aromatic rings. The van der Waals surface area contributed by atoms with Crippen LogP contribution in [0.2, 0.25) is 0 Å². The van der Waals surface area contributed by atoms with Gasteiger partial charge in [-0.05, 0) is 69.0 Å². The van der Waals surface area contributed by atoms with E-state index in [1.54, 1.807) is 25.3 Å². The average molecular weight is 402 g/mol. The third-order valence-corrected chi connectivity index (χ3v) is 5.60. The number of Topliss-reactive ketones (excluding diaryl/α,β-unsaturated/α-hetero) is 1. The summed E-state index contributed by atoms with van der Waals surface area (Å²) in [5.74, 6) is 0.501. The van der Waals surface area contributed by atoms with E-state index in [0.717, 1.165) is 42.7 Å². The van der Waals surface area contributed by atoms with Crippen molar-refractivity contribution in [2.24, 2.45) is 5.92 Å². The molecule has 154 valence electrons. The first-order chi connectivity index (χ1) is 14.4. The van der Waals surface area contributed by atoms with Crippen LogP contribution in [0.5, 0.6) is 0 Å². The van der Waals surface area contributed by atoms with E-state index in [0.29, 0.717) is 28.4 Å². The molecule has 0 saturated carbocycles. The molecule has 1 amide bonds. The van der Waals surface area contributed by atoms with Crippen molar-refractivity contribution in [3.8, 4) is 0 Å². The smallest absolute Gasteiger partial charge is 0.257 e. The van der Waals surface area contributed by atoms with Crippen LogP contribution in [-0.2, 0) is 0 Å². The zero-order chi connectivity index (χ0) is 21.3. The van der Waals surface area contributed by atoms with E-state index >= 15 is 0 Å². The van der Waals surface area contributed by atoms with Crippen LogP contribution in [0.1, 0.15) is 53.1 Å². The maximum absolute atomic E-state index is 13.4. The molecule has 6 heteroatoms. The Hall–Kier alpha value is -3.28. The van der Waals surface area contributed by atoms with Crippen molar-refractivity contribution < 1.29 is 9.59 Å². The number of nitrogens with zero attached hydrogens (tertiary/aromatic N) is 3. The van der Waals surface area contributed by atoms with E-state index in [1.165, 1.54) is 0 Å². The summed E-state index contributed by atoms with van der Waals surface area (Å²) in [5.41, 5.74) is 4.16. The van der Waals surface area contributed by atoms with Crippen LogP contribution in [0, 0.1) is 12.8 Å². The van der Waals surface area contributed by atoms with Crippen LogP contribution < -0.4 is 5.32 Å². The highest BCUT2D eigenvalue weighted by Crippen LogP contribution is 2.30. The number of nitrogens with one attached hydrogen (secondary N) is 1. The number of aromatic nitrogens is 2. The number of carbonyl (C=O) groups is 2. The normalized spacial score (nSPS) is 16.5. The van der Waals surface area contributed by atoms with Crippen LogP contribution >= 0.6 is 0 Å². The van der Waals surface area contributed by atoms with Gasteiger partial charge in [-0.15, -0.1) is 0 Å². The van der Waals surface area contributed by atoms with Crippen LogP contribution in [0.25, 0.3) is 11.0 Å². The molecule has 30 heavy (non-hydrogen) atoms. The van der Waals surface area contributed by atoms with Crippen LogP contribution in [0.4, 0.5) is 11.4 Å². The molecule has 1 saturated heterocycles. The lowest BCUT2D eigenvalue weighted by molar-refractivity contribution is 0.0683. The summed E-state index contributed by atoms with van der Waals surface area (Å²) >= 11 is 0. The Bertz CT molecular complexity index is 1110. The summed E-state index contributed by atoms with van der Waals surface area (Å²) in [7, 11) is 0. The van der Waals surface area contributed by atoms with Gasteiger partial charge in [-0.3, -0.25) is 9.59 Å². The predicted octanol–water partition coefficient (Wildman–Crippen LogP) is 4.76. The minimum Gasteiger partial charge on any atom is -0.354 e. The van der Waals surface area contributed by atoms with Gasteiger partial charge in [-0.1, -0.05) is 6.92 Å². The third kappa shape index (κ3) is 4.03. The molecule has 1 aromatic carbocycles. The summed E-state index contributed by atoms with van der Waals surface area (Å²) in [6, 6.07) is 11.1. The van der Waals surface area contributed by atoms with Crippen molar-refractivity contribution >= 4 is 34.1 Å². The molecule has 0 radical (unpaired) electrons. The average Bonchev–Trinajstić information content (AvgIpc) is 2.73. The van der Waals surface area contributed by atoms with Crippen LogP contribution in [0.15, 0.2) is 42.6 Å². The Morgan fingerprint density at radius 1 is 1.13 bits per heavy atom. The van der Waals surface area contributed by atoms with Gasteiger partial charge in [0.15, 0.2) is 11.4 Å². The Kier molecular flexibility index (Phi) is 5.48. The van der Waals surface area contributed by atoms with Gasteiger partial charge in [0.2, 0.25) is 0 Å². The van der Waals surface area contributed by atoms with Crippen molar-refractivity contribution in [2.45, 2.75) is 33.6 Å². The maximum atomic E-state index is 13.4. The van der Waals surface area contributed by atoms with Gasteiger partial charge in [0, 0.05) is 41.6 Å². The van der Waals surface area contributed by atoms with E-state index in [4.69, 9.17) is 0 Å². The molecule has 2 aromatic heterocycles. The molecule has 4 rings (SSSR count). The molecular formula is C24H26N4O2. The number of carbonyl (C=O) groups excluding carboxylic acids is 2. The molecule has 1 aliphatic heterocycles. The Morgan fingerprint density at radius 2 is 1.90 bits per heavy atom. The summed E-state index contributed by atoms with van der Waals surface area (Å²) in [4.78, 5) is 35.9. The van der Waals surface area contributed by atoms with Crippen LogP contribution in [-0.4, -0.2) is 39.6 Å². The molecule has 1 atom stereocenters. The van der Waals surface area contributed by atoms with Gasteiger partial charge >= 0.3 is 0 Å². The van der Waals surface area contributed by atoms with Crippen molar-refractivity contribution in [3.05, 3.63) is 59.4 Å². The fourth-order valence-corrected chi connectivity index (χ4v) is 3.95. The highest BCUT2D eigenvalue weighted by molar-refractivity contribution is 6.07. The van der Waals surface area contributed by atoms with Crippen molar-refractivity contribution in [1.29, 1.82) is 0 Å². The van der Waals surface area contributed by atoms with E-state index in [1.807, 2.05) is 36.1 Å². The lowest BCUT2D eigenvalue weighted by Gasteiger charge is -2.31. The number of ketones is 1. The zero-order valence-electron chi connectivity index (χ0n) is 17.6. The number of rotatable bonds is 4. The van der Waals surface area contributed by atoms with Crippen molar-refractivity contribution in [2.75, 3.05) is 18.4 Å². The second-order valence-corrected chi connectivity index (χ2v) is 8.13. The first-order valence-corrected chi connectivity index (χ1v) is 10.4. The summed E-state index contributed by atoms with van der Waals surface area (Å²) in [6.07, 6.45) is 3.79. The number of benzene rings is 1. The number of hydrogen-bond donors (Lipinski definition) is 1. The number of anilines is 2. The molecule has 6 nitrogen and oxygen atoms in total. The second-order valence-electron chi connectivity index (χ2n) is 8.13. The number of fused-ring (bicyclic) bond motifs is 1. The third-order valence-electron chi connectivity index (χ3n) is 5.60. The number of amides is 1. The Morgan fingerprint density at radius 3 is 2.60 bits per heavy atom. The fourth-order valence-electron chi connectivity index (χ4n) is 3.95. The fraction of sp³-hybridized carbons (Fsp3) is 0.333. The standard InChI is InChI=1S/C24H26N4O2/c1-15-5-4-12-28(14-15)24(30)21-13-25-23-20(11-6-16(2)26-23)22(21)27-19-9-7-18(8-10-19)17(3)29/h6-11,13,15H,4-5,12,14H2,1-3H3,(H,25,26,27). The highest BCUT2D eigenvalue weighted by Gasteiger charge is 2.25. The molecule has 1 unspecified atom stereocenters. The van der Waals surface area contributed by atoms with Gasteiger partial charge in [0.05, 0.1) is 11.3 Å². The first-order valence-electron chi connectivity index (χ1n) is 10.4. The van der Waals surface area contributed by atoms with Gasteiger partial charge in [-0.25, -0.2) is 9.97 Å². The van der Waals surface area contributed by atoms with Gasteiger partial charge in [0.25, 0.3) is 5.91 Å². The Labute approximate surface area is 176 Å².